The third-order valence-electron chi connectivity index (χ3n) is 2.34. The standard InChI is InChI=1S/C11H10ClN3O3S/c1-7-6-8(12)2-3-9(7)19(17,18)15-10-4-5-11(16)14-13-10/h2-6H,1H3,(H,13,15)(H,14,16). The first-order valence-corrected chi connectivity index (χ1v) is 7.09. The number of H-pyrrole nitrogens is 1. The highest BCUT2D eigenvalue weighted by Crippen LogP contribution is 2.21. The largest absolute Gasteiger partial charge is 0.268 e. The minimum absolute atomic E-state index is 0.0361. The molecule has 0 bridgehead atoms. The molecule has 6 nitrogen and oxygen atoms in total. The number of aromatic amines is 1. The van der Waals surface area contributed by atoms with Crippen molar-refractivity contribution >= 4 is 27.4 Å². The number of anilines is 1. The minimum Gasteiger partial charge on any atom is -0.268 e. The molecule has 0 aliphatic carbocycles. The Bertz CT molecular complexity index is 751. The fourth-order valence-electron chi connectivity index (χ4n) is 1.51. The van der Waals surface area contributed by atoms with Crippen LogP contribution in [0.15, 0.2) is 40.0 Å². The van der Waals surface area contributed by atoms with Gasteiger partial charge in [-0.1, -0.05) is 11.6 Å². The summed E-state index contributed by atoms with van der Waals surface area (Å²) in [6.07, 6.45) is 0. The molecule has 1 aromatic heterocycles. The first kappa shape index (κ1) is 13.6. The van der Waals surface area contributed by atoms with E-state index in [1.807, 2.05) is 0 Å². The number of benzene rings is 1. The highest BCUT2D eigenvalue weighted by Gasteiger charge is 2.17. The van der Waals surface area contributed by atoms with Crippen molar-refractivity contribution in [2.75, 3.05) is 4.72 Å². The monoisotopic (exact) mass is 299 g/mol. The zero-order valence-electron chi connectivity index (χ0n) is 9.84. The molecule has 100 valence electrons. The van der Waals surface area contributed by atoms with Gasteiger partial charge in [-0.25, -0.2) is 13.5 Å². The van der Waals surface area contributed by atoms with Crippen LogP contribution < -0.4 is 10.3 Å². The van der Waals surface area contributed by atoms with Crippen LogP contribution in [0.1, 0.15) is 5.56 Å². The lowest BCUT2D eigenvalue weighted by Gasteiger charge is -2.09. The molecule has 0 aliphatic heterocycles. The summed E-state index contributed by atoms with van der Waals surface area (Å²) in [4.78, 5) is 10.9. The summed E-state index contributed by atoms with van der Waals surface area (Å²) < 4.78 is 26.5. The first-order valence-electron chi connectivity index (χ1n) is 5.23. The Labute approximate surface area is 114 Å². The van der Waals surface area contributed by atoms with E-state index in [4.69, 9.17) is 11.6 Å². The van der Waals surface area contributed by atoms with Crippen LogP contribution in [0.5, 0.6) is 0 Å². The number of halogens is 1. The van der Waals surface area contributed by atoms with Crippen LogP contribution in [0.3, 0.4) is 0 Å². The summed E-state index contributed by atoms with van der Waals surface area (Å²) in [6.45, 7) is 1.64. The predicted molar refractivity (Wildman–Crippen MR) is 71.9 cm³/mol. The van der Waals surface area contributed by atoms with Crippen LogP contribution in [-0.4, -0.2) is 18.6 Å². The molecule has 2 N–H and O–H groups in total. The number of hydrogen-bond donors (Lipinski definition) is 2. The van der Waals surface area contributed by atoms with Gasteiger partial charge in [-0.15, -0.1) is 0 Å². The molecule has 0 atom stereocenters. The molecule has 0 radical (unpaired) electrons. The molecule has 8 heteroatoms. The second-order valence-electron chi connectivity index (χ2n) is 3.82. The van der Waals surface area contributed by atoms with Crippen molar-refractivity contribution in [1.29, 1.82) is 0 Å². The lowest BCUT2D eigenvalue weighted by molar-refractivity contribution is 0.600. The average Bonchev–Trinajstić information content (AvgIpc) is 2.31. The molecule has 0 unspecified atom stereocenters. The molecule has 1 aromatic carbocycles. The number of rotatable bonds is 3. The quantitative estimate of drug-likeness (QED) is 0.899. The first-order chi connectivity index (χ1) is 8.88. The third kappa shape index (κ3) is 3.12. The van der Waals surface area contributed by atoms with Crippen molar-refractivity contribution in [3.05, 3.63) is 51.3 Å². The SMILES string of the molecule is Cc1cc(Cl)ccc1S(=O)(=O)Nc1ccc(=O)[nH]n1. The molecular weight excluding hydrogens is 290 g/mol. The van der Waals surface area contributed by atoms with Crippen molar-refractivity contribution in [2.24, 2.45) is 0 Å². The second-order valence-corrected chi connectivity index (χ2v) is 5.91. The van der Waals surface area contributed by atoms with Crippen LogP contribution in [-0.2, 0) is 10.0 Å². The molecule has 19 heavy (non-hydrogen) atoms. The number of nitrogens with zero attached hydrogens (tertiary/aromatic N) is 1. The number of hydrogen-bond acceptors (Lipinski definition) is 4. The lowest BCUT2D eigenvalue weighted by Crippen LogP contribution is -2.17. The van der Waals surface area contributed by atoms with Gasteiger partial charge in [-0.05, 0) is 36.8 Å². The molecule has 1 heterocycles. The summed E-state index contributed by atoms with van der Waals surface area (Å²) in [5, 5.41) is 6.18. The van der Waals surface area contributed by atoms with E-state index >= 15 is 0 Å². The Morgan fingerprint density at radius 2 is 2.00 bits per heavy atom. The Balaban J connectivity index is 2.37. The van der Waals surface area contributed by atoms with E-state index in [9.17, 15) is 13.2 Å². The van der Waals surface area contributed by atoms with Gasteiger partial charge in [0, 0.05) is 11.1 Å². The average molecular weight is 300 g/mol. The van der Waals surface area contributed by atoms with E-state index in [1.165, 1.54) is 24.3 Å². The summed E-state index contributed by atoms with van der Waals surface area (Å²) in [6, 6.07) is 6.91. The topological polar surface area (TPSA) is 91.9 Å². The number of sulfonamides is 1. The van der Waals surface area contributed by atoms with Crippen LogP contribution in [0.4, 0.5) is 5.82 Å². The van der Waals surface area contributed by atoms with Gasteiger partial charge in [0.05, 0.1) is 4.90 Å². The minimum atomic E-state index is -3.77. The molecule has 0 spiro atoms. The zero-order chi connectivity index (χ0) is 14.0. The van der Waals surface area contributed by atoms with Gasteiger partial charge in [0.2, 0.25) is 0 Å². The number of aromatic nitrogens is 2. The summed E-state index contributed by atoms with van der Waals surface area (Å²) in [5.41, 5.74) is 0.107. The molecule has 2 aromatic rings. The molecule has 0 aliphatic rings. The summed E-state index contributed by atoms with van der Waals surface area (Å²) in [7, 11) is -3.77. The predicted octanol–water partition coefficient (Wildman–Crippen LogP) is 1.53. The van der Waals surface area contributed by atoms with Crippen LogP contribution in [0.2, 0.25) is 5.02 Å². The molecule has 2 rings (SSSR count). The maximum atomic E-state index is 12.1. The smallest absolute Gasteiger partial charge is 0.264 e. The highest BCUT2D eigenvalue weighted by atomic mass is 35.5. The van der Waals surface area contributed by atoms with Gasteiger partial charge in [0.1, 0.15) is 0 Å². The van der Waals surface area contributed by atoms with Crippen LogP contribution in [0.25, 0.3) is 0 Å². The van der Waals surface area contributed by atoms with Crippen molar-refractivity contribution < 1.29 is 8.42 Å². The van der Waals surface area contributed by atoms with Gasteiger partial charge >= 0.3 is 0 Å². The fraction of sp³-hybridized carbons (Fsp3) is 0.0909. The Hall–Kier alpha value is -1.86. The Morgan fingerprint density at radius 1 is 1.26 bits per heavy atom. The van der Waals surface area contributed by atoms with Crippen molar-refractivity contribution in [2.45, 2.75) is 11.8 Å². The van der Waals surface area contributed by atoms with Crippen molar-refractivity contribution in [3.8, 4) is 0 Å². The lowest BCUT2D eigenvalue weighted by atomic mass is 10.2. The number of nitrogens with one attached hydrogen (secondary N) is 2. The maximum absolute atomic E-state index is 12.1. The molecule has 0 saturated carbocycles. The second kappa shape index (κ2) is 5.02. The number of aryl methyl sites for hydroxylation is 1. The zero-order valence-corrected chi connectivity index (χ0v) is 11.4. The Morgan fingerprint density at radius 3 is 2.58 bits per heavy atom. The van der Waals surface area contributed by atoms with Crippen LogP contribution >= 0.6 is 11.6 Å². The molecule has 0 saturated heterocycles. The molecule has 0 amide bonds. The van der Waals surface area contributed by atoms with E-state index < -0.39 is 15.6 Å². The molecule has 0 fully saturated rings. The van der Waals surface area contributed by atoms with Gasteiger partial charge in [0.25, 0.3) is 15.6 Å². The van der Waals surface area contributed by atoms with E-state index in [0.717, 1.165) is 0 Å². The fourth-order valence-corrected chi connectivity index (χ4v) is 2.96. The van der Waals surface area contributed by atoms with E-state index in [-0.39, 0.29) is 10.7 Å². The Kier molecular flexibility index (Phi) is 3.59. The van der Waals surface area contributed by atoms with Gasteiger partial charge in [-0.3, -0.25) is 9.52 Å². The summed E-state index contributed by atoms with van der Waals surface area (Å²) >= 11 is 5.78. The van der Waals surface area contributed by atoms with Crippen LogP contribution in [0, 0.1) is 6.92 Å². The highest BCUT2D eigenvalue weighted by molar-refractivity contribution is 7.92. The van der Waals surface area contributed by atoms with E-state index in [2.05, 4.69) is 14.9 Å². The van der Waals surface area contributed by atoms with Crippen molar-refractivity contribution in [3.63, 3.8) is 0 Å². The van der Waals surface area contributed by atoms with Gasteiger partial charge in [0.15, 0.2) is 5.82 Å². The van der Waals surface area contributed by atoms with Gasteiger partial charge < -0.3 is 0 Å². The summed E-state index contributed by atoms with van der Waals surface area (Å²) in [5.74, 6) is 0.0361. The maximum Gasteiger partial charge on any atom is 0.264 e. The third-order valence-corrected chi connectivity index (χ3v) is 4.09. The van der Waals surface area contributed by atoms with Gasteiger partial charge in [-0.2, -0.15) is 5.10 Å². The van der Waals surface area contributed by atoms with E-state index in [0.29, 0.717) is 10.6 Å². The molecular formula is C11H10ClN3O3S. The van der Waals surface area contributed by atoms with E-state index in [1.54, 1.807) is 13.0 Å². The van der Waals surface area contributed by atoms with Crippen molar-refractivity contribution in [1.82, 2.24) is 10.2 Å². The normalized spacial score (nSPS) is 11.3.